The molecule has 120 valence electrons. The van der Waals surface area contributed by atoms with E-state index in [1.165, 1.54) is 22.9 Å². The van der Waals surface area contributed by atoms with E-state index in [9.17, 15) is 14.0 Å². The molecule has 0 saturated heterocycles. The zero-order valence-corrected chi connectivity index (χ0v) is 12.7. The molecule has 0 saturated carbocycles. The average molecular weight is 324 g/mol. The summed E-state index contributed by atoms with van der Waals surface area (Å²) in [7, 11) is 0. The third-order valence-electron chi connectivity index (χ3n) is 3.71. The Bertz CT molecular complexity index is 925. The first-order valence-corrected chi connectivity index (χ1v) is 7.31. The number of anilines is 1. The molecule has 0 spiro atoms. The van der Waals surface area contributed by atoms with E-state index in [0.717, 1.165) is 0 Å². The Hall–Kier alpha value is -3.20. The van der Waals surface area contributed by atoms with Gasteiger partial charge in [-0.25, -0.2) is 13.5 Å². The Kier molecular flexibility index (Phi) is 4.25. The van der Waals surface area contributed by atoms with Gasteiger partial charge in [-0.05, 0) is 23.8 Å². The minimum absolute atomic E-state index is 0.121. The number of aromatic nitrogens is 2. The fraction of sp³-hybridized carbons (Fsp3) is 0.111. The van der Waals surface area contributed by atoms with Gasteiger partial charge in [-0.15, -0.1) is 0 Å². The predicted molar refractivity (Wildman–Crippen MR) is 86.1 cm³/mol. The zero-order valence-electron chi connectivity index (χ0n) is 12.7. The summed E-state index contributed by atoms with van der Waals surface area (Å²) in [5.41, 5.74) is 7.76. The zero-order chi connectivity index (χ0) is 17.1. The molecule has 3 aromatic rings. The largest absolute Gasteiger partial charge is 0.383 e. The number of nitrogens with two attached hydrogens (primary N) is 1. The molecule has 0 amide bonds. The van der Waals surface area contributed by atoms with Gasteiger partial charge in [-0.1, -0.05) is 30.3 Å². The van der Waals surface area contributed by atoms with Gasteiger partial charge in [-0.3, -0.25) is 0 Å². The maximum atomic E-state index is 13.8. The van der Waals surface area contributed by atoms with Gasteiger partial charge in [0.2, 0.25) is 0 Å². The van der Waals surface area contributed by atoms with Gasteiger partial charge in [0.1, 0.15) is 29.1 Å². The van der Waals surface area contributed by atoms with Crippen LogP contribution in [0.25, 0.3) is 0 Å². The van der Waals surface area contributed by atoms with Crippen LogP contribution in [0.3, 0.4) is 0 Å². The molecular formula is C18H14F2N4. The van der Waals surface area contributed by atoms with Crippen LogP contribution < -0.4 is 5.73 Å². The summed E-state index contributed by atoms with van der Waals surface area (Å²) < 4.78 is 28.5. The number of nitrogens with zero attached hydrogens (tertiary/aromatic N) is 3. The Morgan fingerprint density at radius 1 is 1.12 bits per heavy atom. The molecule has 1 aromatic heterocycles. The highest BCUT2D eigenvalue weighted by atomic mass is 19.1. The first-order chi connectivity index (χ1) is 11.6. The van der Waals surface area contributed by atoms with E-state index in [2.05, 4.69) is 5.10 Å². The van der Waals surface area contributed by atoms with Crippen LogP contribution in [0, 0.1) is 23.0 Å². The highest BCUT2D eigenvalue weighted by molar-refractivity contribution is 5.53. The van der Waals surface area contributed by atoms with Gasteiger partial charge >= 0.3 is 0 Å². The fourth-order valence-corrected chi connectivity index (χ4v) is 2.52. The maximum absolute atomic E-state index is 13.8. The van der Waals surface area contributed by atoms with Crippen LogP contribution in [0.15, 0.2) is 48.5 Å². The minimum Gasteiger partial charge on any atom is -0.383 e. The van der Waals surface area contributed by atoms with Crippen LogP contribution in [0.1, 0.15) is 22.4 Å². The van der Waals surface area contributed by atoms with Crippen LogP contribution in [0.4, 0.5) is 14.6 Å². The maximum Gasteiger partial charge on any atom is 0.140 e. The second-order valence-electron chi connectivity index (χ2n) is 5.37. The van der Waals surface area contributed by atoms with Crippen molar-refractivity contribution in [1.82, 2.24) is 9.78 Å². The lowest BCUT2D eigenvalue weighted by molar-refractivity contribution is 0.585. The summed E-state index contributed by atoms with van der Waals surface area (Å²) >= 11 is 0. The van der Waals surface area contributed by atoms with E-state index in [1.807, 2.05) is 6.07 Å². The number of hydrogen-bond acceptors (Lipinski definition) is 3. The van der Waals surface area contributed by atoms with Crippen molar-refractivity contribution in [3.05, 3.63) is 82.5 Å². The summed E-state index contributed by atoms with van der Waals surface area (Å²) in [5, 5.41) is 13.7. The molecule has 1 heterocycles. The van der Waals surface area contributed by atoms with Crippen molar-refractivity contribution in [2.24, 2.45) is 0 Å². The highest BCUT2D eigenvalue weighted by Crippen LogP contribution is 2.21. The molecule has 0 aliphatic carbocycles. The molecule has 6 heteroatoms. The SMILES string of the molecule is N#Cc1c(Cc2cccc(F)c2)nn(Cc2ccccc2F)c1N. The van der Waals surface area contributed by atoms with Crippen LogP contribution in [0.2, 0.25) is 0 Å². The van der Waals surface area contributed by atoms with E-state index in [0.29, 0.717) is 16.8 Å². The van der Waals surface area contributed by atoms with E-state index in [1.54, 1.807) is 30.3 Å². The smallest absolute Gasteiger partial charge is 0.140 e. The molecule has 0 aliphatic rings. The van der Waals surface area contributed by atoms with E-state index in [-0.39, 0.29) is 36.0 Å². The van der Waals surface area contributed by atoms with Gasteiger partial charge in [0.25, 0.3) is 0 Å². The van der Waals surface area contributed by atoms with Gasteiger partial charge in [0, 0.05) is 12.0 Å². The lowest BCUT2D eigenvalue weighted by Gasteiger charge is -2.05. The van der Waals surface area contributed by atoms with Gasteiger partial charge < -0.3 is 5.73 Å². The number of benzene rings is 2. The summed E-state index contributed by atoms with van der Waals surface area (Å²) in [5.74, 6) is -0.547. The number of halogens is 2. The molecule has 4 nitrogen and oxygen atoms in total. The number of nitriles is 1. The summed E-state index contributed by atoms with van der Waals surface area (Å²) in [6, 6.07) is 14.4. The van der Waals surface area contributed by atoms with Crippen LogP contribution in [-0.2, 0) is 13.0 Å². The van der Waals surface area contributed by atoms with Crippen molar-refractivity contribution in [3.8, 4) is 6.07 Å². The normalized spacial score (nSPS) is 10.5. The van der Waals surface area contributed by atoms with Gasteiger partial charge in [0.15, 0.2) is 0 Å². The summed E-state index contributed by atoms with van der Waals surface area (Å²) in [6.45, 7) is 0.121. The molecule has 2 N–H and O–H groups in total. The average Bonchev–Trinajstić information content (AvgIpc) is 2.84. The first-order valence-electron chi connectivity index (χ1n) is 7.31. The van der Waals surface area contributed by atoms with E-state index >= 15 is 0 Å². The van der Waals surface area contributed by atoms with Crippen molar-refractivity contribution in [3.63, 3.8) is 0 Å². The van der Waals surface area contributed by atoms with Crippen molar-refractivity contribution in [1.29, 1.82) is 5.26 Å². The lowest BCUT2D eigenvalue weighted by atomic mass is 10.1. The minimum atomic E-state index is -0.363. The lowest BCUT2D eigenvalue weighted by Crippen LogP contribution is -2.07. The number of hydrogen-bond donors (Lipinski definition) is 1. The number of rotatable bonds is 4. The Balaban J connectivity index is 1.94. The quantitative estimate of drug-likeness (QED) is 0.801. The molecule has 0 aliphatic heterocycles. The third kappa shape index (κ3) is 3.10. The molecule has 24 heavy (non-hydrogen) atoms. The Morgan fingerprint density at radius 2 is 1.92 bits per heavy atom. The van der Waals surface area contributed by atoms with Crippen LogP contribution >= 0.6 is 0 Å². The summed E-state index contributed by atoms with van der Waals surface area (Å²) in [6.07, 6.45) is 0.273. The van der Waals surface area contributed by atoms with Crippen molar-refractivity contribution in [2.45, 2.75) is 13.0 Å². The van der Waals surface area contributed by atoms with Crippen LogP contribution in [0.5, 0.6) is 0 Å². The second-order valence-corrected chi connectivity index (χ2v) is 5.37. The second kappa shape index (κ2) is 6.50. The Morgan fingerprint density at radius 3 is 2.62 bits per heavy atom. The highest BCUT2D eigenvalue weighted by Gasteiger charge is 2.17. The van der Waals surface area contributed by atoms with Crippen molar-refractivity contribution < 1.29 is 8.78 Å². The molecule has 0 radical (unpaired) electrons. The van der Waals surface area contributed by atoms with Gasteiger partial charge in [0.05, 0.1) is 12.2 Å². The molecule has 3 rings (SSSR count). The van der Waals surface area contributed by atoms with Crippen LogP contribution in [-0.4, -0.2) is 9.78 Å². The topological polar surface area (TPSA) is 67.6 Å². The van der Waals surface area contributed by atoms with Gasteiger partial charge in [-0.2, -0.15) is 10.4 Å². The predicted octanol–water partition coefficient (Wildman–Crippen LogP) is 3.25. The van der Waals surface area contributed by atoms with Crippen molar-refractivity contribution >= 4 is 5.82 Å². The molecule has 0 bridgehead atoms. The molecule has 2 aromatic carbocycles. The first kappa shape index (κ1) is 15.7. The Labute approximate surface area is 137 Å². The monoisotopic (exact) mass is 324 g/mol. The van der Waals surface area contributed by atoms with Crippen molar-refractivity contribution in [2.75, 3.05) is 5.73 Å². The summed E-state index contributed by atoms with van der Waals surface area (Å²) in [4.78, 5) is 0. The third-order valence-corrected chi connectivity index (χ3v) is 3.71. The molecular weight excluding hydrogens is 310 g/mol. The van der Waals surface area contributed by atoms with E-state index in [4.69, 9.17) is 5.73 Å². The fourth-order valence-electron chi connectivity index (χ4n) is 2.52. The standard InChI is InChI=1S/C18H14F2N4/c19-14-6-3-4-12(8-14)9-17-15(10-21)18(22)24(23-17)11-13-5-1-2-7-16(13)20/h1-8H,9,11,22H2. The molecule has 0 atom stereocenters. The van der Waals surface area contributed by atoms with E-state index < -0.39 is 0 Å². The molecule has 0 fully saturated rings. The molecule has 0 unspecified atom stereocenters. The number of nitrogen functional groups attached to an aromatic ring is 1.